The zero-order chi connectivity index (χ0) is 15.5. The maximum Gasteiger partial charge on any atom is 0.254 e. The third-order valence-electron chi connectivity index (χ3n) is 4.04. The SMILES string of the molecule is CCOC(C)(C)C(=O)N1CCC(O)(c2ccccn2)CC1. The smallest absolute Gasteiger partial charge is 0.254 e. The first-order valence-electron chi connectivity index (χ1n) is 7.46. The third kappa shape index (κ3) is 3.41. The molecule has 1 amide bonds. The highest BCUT2D eigenvalue weighted by Crippen LogP contribution is 2.32. The summed E-state index contributed by atoms with van der Waals surface area (Å²) < 4.78 is 5.51. The van der Waals surface area contributed by atoms with E-state index >= 15 is 0 Å². The fraction of sp³-hybridized carbons (Fsp3) is 0.625. The molecule has 1 aliphatic heterocycles. The van der Waals surface area contributed by atoms with Crippen LogP contribution in [0.4, 0.5) is 0 Å². The molecule has 0 bridgehead atoms. The molecule has 0 saturated carbocycles. The van der Waals surface area contributed by atoms with Gasteiger partial charge in [-0.15, -0.1) is 0 Å². The molecule has 21 heavy (non-hydrogen) atoms. The van der Waals surface area contributed by atoms with Crippen LogP contribution in [0.5, 0.6) is 0 Å². The van der Waals surface area contributed by atoms with Gasteiger partial charge in [-0.3, -0.25) is 9.78 Å². The first-order valence-corrected chi connectivity index (χ1v) is 7.46. The number of carbonyl (C=O) groups is 1. The van der Waals surface area contributed by atoms with Gasteiger partial charge in [-0.1, -0.05) is 6.07 Å². The monoisotopic (exact) mass is 292 g/mol. The molecule has 0 atom stereocenters. The molecule has 0 radical (unpaired) electrons. The molecule has 0 unspecified atom stereocenters. The minimum Gasteiger partial charge on any atom is -0.383 e. The van der Waals surface area contributed by atoms with Crippen LogP contribution >= 0.6 is 0 Å². The van der Waals surface area contributed by atoms with Crippen molar-refractivity contribution in [2.24, 2.45) is 0 Å². The van der Waals surface area contributed by atoms with E-state index in [-0.39, 0.29) is 5.91 Å². The lowest BCUT2D eigenvalue weighted by molar-refractivity contribution is -0.158. The number of ether oxygens (including phenoxy) is 1. The number of piperidine rings is 1. The maximum atomic E-state index is 12.5. The Bertz CT molecular complexity index is 480. The lowest BCUT2D eigenvalue weighted by Crippen LogP contribution is -2.52. The van der Waals surface area contributed by atoms with E-state index in [1.54, 1.807) is 24.9 Å². The Morgan fingerprint density at radius 3 is 2.62 bits per heavy atom. The van der Waals surface area contributed by atoms with Crippen molar-refractivity contribution < 1.29 is 14.6 Å². The Morgan fingerprint density at radius 1 is 1.43 bits per heavy atom. The van der Waals surface area contributed by atoms with E-state index in [4.69, 9.17) is 4.74 Å². The molecule has 0 spiro atoms. The number of likely N-dealkylation sites (tertiary alicyclic amines) is 1. The number of pyridine rings is 1. The van der Waals surface area contributed by atoms with Crippen LogP contribution in [0, 0.1) is 0 Å². The van der Waals surface area contributed by atoms with E-state index in [1.165, 1.54) is 0 Å². The van der Waals surface area contributed by atoms with Crippen LogP contribution in [-0.2, 0) is 15.1 Å². The number of aromatic nitrogens is 1. The van der Waals surface area contributed by atoms with Crippen molar-refractivity contribution in [1.82, 2.24) is 9.88 Å². The second-order valence-corrected chi connectivity index (χ2v) is 5.98. The van der Waals surface area contributed by atoms with Crippen LogP contribution in [-0.4, -0.2) is 46.2 Å². The second kappa shape index (κ2) is 6.12. The lowest BCUT2D eigenvalue weighted by Gasteiger charge is -2.40. The molecule has 5 nitrogen and oxygen atoms in total. The summed E-state index contributed by atoms with van der Waals surface area (Å²) in [4.78, 5) is 18.5. The topological polar surface area (TPSA) is 62.7 Å². The Balaban J connectivity index is 2.02. The number of hydrogen-bond acceptors (Lipinski definition) is 4. The third-order valence-corrected chi connectivity index (χ3v) is 4.04. The summed E-state index contributed by atoms with van der Waals surface area (Å²) in [5.74, 6) is -0.0209. The van der Waals surface area contributed by atoms with Gasteiger partial charge in [-0.2, -0.15) is 0 Å². The van der Waals surface area contributed by atoms with Crippen LogP contribution in [0.1, 0.15) is 39.3 Å². The fourth-order valence-electron chi connectivity index (χ4n) is 2.78. The zero-order valence-corrected chi connectivity index (χ0v) is 13.0. The molecule has 1 N–H and O–H groups in total. The number of amides is 1. The van der Waals surface area contributed by atoms with Crippen molar-refractivity contribution in [2.45, 2.75) is 44.8 Å². The van der Waals surface area contributed by atoms with Crippen LogP contribution in [0.15, 0.2) is 24.4 Å². The van der Waals surface area contributed by atoms with Crippen LogP contribution < -0.4 is 0 Å². The highest BCUT2D eigenvalue weighted by molar-refractivity contribution is 5.84. The molecule has 1 aromatic rings. The molecule has 0 aromatic carbocycles. The number of hydrogen-bond donors (Lipinski definition) is 1. The minimum absolute atomic E-state index is 0.0209. The summed E-state index contributed by atoms with van der Waals surface area (Å²) in [6.45, 7) is 7.00. The van der Waals surface area contributed by atoms with Gasteiger partial charge in [0.05, 0.1) is 5.69 Å². The second-order valence-electron chi connectivity index (χ2n) is 5.98. The Kier molecular flexibility index (Phi) is 4.64. The van der Waals surface area contributed by atoms with Crippen LogP contribution in [0.2, 0.25) is 0 Å². The number of aliphatic hydroxyl groups is 1. The summed E-state index contributed by atoms with van der Waals surface area (Å²) >= 11 is 0. The van der Waals surface area contributed by atoms with E-state index in [0.29, 0.717) is 38.2 Å². The van der Waals surface area contributed by atoms with E-state index in [2.05, 4.69) is 4.98 Å². The molecule has 1 aliphatic rings. The molecule has 1 saturated heterocycles. The fourth-order valence-corrected chi connectivity index (χ4v) is 2.78. The zero-order valence-electron chi connectivity index (χ0n) is 13.0. The molecule has 2 heterocycles. The molecule has 0 aliphatic carbocycles. The van der Waals surface area contributed by atoms with Gasteiger partial charge in [-0.25, -0.2) is 0 Å². The maximum absolute atomic E-state index is 12.5. The van der Waals surface area contributed by atoms with Gasteiger partial charge in [0.2, 0.25) is 0 Å². The Labute approximate surface area is 125 Å². The quantitative estimate of drug-likeness (QED) is 0.917. The summed E-state index contributed by atoms with van der Waals surface area (Å²) in [5, 5.41) is 10.7. The van der Waals surface area contributed by atoms with Gasteiger partial charge in [0, 0.05) is 25.9 Å². The van der Waals surface area contributed by atoms with E-state index in [9.17, 15) is 9.90 Å². The minimum atomic E-state index is -0.937. The van der Waals surface area contributed by atoms with Gasteiger partial charge >= 0.3 is 0 Å². The van der Waals surface area contributed by atoms with Crippen LogP contribution in [0.3, 0.4) is 0 Å². The number of rotatable bonds is 4. The summed E-state index contributed by atoms with van der Waals surface area (Å²) in [6.07, 6.45) is 2.68. The van der Waals surface area contributed by atoms with Gasteiger partial charge in [-0.05, 0) is 45.7 Å². The van der Waals surface area contributed by atoms with Crippen LogP contribution in [0.25, 0.3) is 0 Å². The molecule has 1 fully saturated rings. The molecule has 5 heteroatoms. The molecule has 116 valence electrons. The van der Waals surface area contributed by atoms with E-state index in [0.717, 1.165) is 0 Å². The average molecular weight is 292 g/mol. The normalized spacial score (nSPS) is 18.6. The number of carbonyl (C=O) groups excluding carboxylic acids is 1. The summed E-state index contributed by atoms with van der Waals surface area (Å²) in [7, 11) is 0. The van der Waals surface area contributed by atoms with Crippen molar-refractivity contribution in [1.29, 1.82) is 0 Å². The molecule has 2 rings (SSSR count). The first kappa shape index (κ1) is 15.9. The standard InChI is InChI=1S/C16H24N2O3/c1-4-21-15(2,3)14(19)18-11-8-16(20,9-12-18)13-7-5-6-10-17-13/h5-7,10,20H,4,8-9,11-12H2,1-3H3. The Hall–Kier alpha value is -1.46. The molecular formula is C16H24N2O3. The highest BCUT2D eigenvalue weighted by atomic mass is 16.5. The average Bonchev–Trinajstić information content (AvgIpc) is 2.48. The van der Waals surface area contributed by atoms with Gasteiger partial charge in [0.25, 0.3) is 5.91 Å². The predicted molar refractivity (Wildman–Crippen MR) is 79.7 cm³/mol. The summed E-state index contributed by atoms with van der Waals surface area (Å²) in [6, 6.07) is 5.54. The largest absolute Gasteiger partial charge is 0.383 e. The predicted octanol–water partition coefficient (Wildman–Crippen LogP) is 1.71. The number of nitrogens with zero attached hydrogens (tertiary/aromatic N) is 2. The van der Waals surface area contributed by atoms with E-state index in [1.807, 2.05) is 25.1 Å². The van der Waals surface area contributed by atoms with Crippen molar-refractivity contribution in [3.63, 3.8) is 0 Å². The first-order chi connectivity index (χ1) is 9.89. The summed E-state index contributed by atoms with van der Waals surface area (Å²) in [5.41, 5.74) is -1.07. The van der Waals surface area contributed by atoms with E-state index < -0.39 is 11.2 Å². The van der Waals surface area contributed by atoms with Gasteiger partial charge < -0.3 is 14.7 Å². The molecule has 1 aromatic heterocycles. The highest BCUT2D eigenvalue weighted by Gasteiger charge is 2.40. The van der Waals surface area contributed by atoms with Crippen molar-refractivity contribution >= 4 is 5.91 Å². The Morgan fingerprint density at radius 2 is 2.10 bits per heavy atom. The van der Waals surface area contributed by atoms with Crippen molar-refractivity contribution in [2.75, 3.05) is 19.7 Å². The molecular weight excluding hydrogens is 268 g/mol. The lowest BCUT2D eigenvalue weighted by atomic mass is 9.87. The van der Waals surface area contributed by atoms with Gasteiger partial charge in [0.15, 0.2) is 0 Å². The van der Waals surface area contributed by atoms with Gasteiger partial charge in [0.1, 0.15) is 11.2 Å². The van der Waals surface area contributed by atoms with Crippen molar-refractivity contribution in [3.05, 3.63) is 30.1 Å². The van der Waals surface area contributed by atoms with Crippen molar-refractivity contribution in [3.8, 4) is 0 Å².